The van der Waals surface area contributed by atoms with Gasteiger partial charge in [-0.25, -0.2) is 4.79 Å². The summed E-state index contributed by atoms with van der Waals surface area (Å²) >= 11 is 0. The molecule has 2 amide bonds. The molecule has 2 unspecified atom stereocenters. The van der Waals surface area contributed by atoms with E-state index in [1.165, 1.54) is 32.1 Å². The molecule has 4 saturated carbocycles. The van der Waals surface area contributed by atoms with Gasteiger partial charge in [-0.3, -0.25) is 0 Å². The maximum atomic E-state index is 12.8. The van der Waals surface area contributed by atoms with E-state index >= 15 is 0 Å². The molecule has 0 aromatic carbocycles. The lowest BCUT2D eigenvalue weighted by molar-refractivity contribution is -0.152. The molecule has 2 saturated heterocycles. The number of amides is 2. The number of hydrogen-bond donors (Lipinski definition) is 1. The van der Waals surface area contributed by atoms with Crippen LogP contribution < -0.4 is 0 Å². The van der Waals surface area contributed by atoms with E-state index in [0.29, 0.717) is 30.0 Å². The standard InChI is InChI=1S/C17H26N2O2/c20-16-18-4-2-1-3-14(18)10-19(16)15-12-5-11-6-13(15)9-17(21,7-11)8-12/h11-15,21H,1-10H2/t11?,12?,13?,14-,15?,17?/m0/s1. The van der Waals surface area contributed by atoms with Gasteiger partial charge in [0.05, 0.1) is 11.6 Å². The topological polar surface area (TPSA) is 43.8 Å². The summed E-state index contributed by atoms with van der Waals surface area (Å²) in [5, 5.41) is 10.7. The number of piperidine rings is 1. The van der Waals surface area contributed by atoms with Crippen LogP contribution in [-0.2, 0) is 0 Å². The van der Waals surface area contributed by atoms with E-state index in [2.05, 4.69) is 9.80 Å². The average Bonchev–Trinajstić information content (AvgIpc) is 2.74. The fourth-order valence-corrected chi connectivity index (χ4v) is 6.63. The van der Waals surface area contributed by atoms with Gasteiger partial charge in [-0.2, -0.15) is 0 Å². The van der Waals surface area contributed by atoms with E-state index in [1.54, 1.807) is 0 Å². The molecule has 4 nitrogen and oxygen atoms in total. The Morgan fingerprint density at radius 3 is 2.48 bits per heavy atom. The first kappa shape index (κ1) is 12.7. The Kier molecular flexibility index (Phi) is 2.52. The lowest BCUT2D eigenvalue weighted by atomic mass is 9.52. The van der Waals surface area contributed by atoms with Crippen molar-refractivity contribution in [2.45, 2.75) is 69.1 Å². The lowest BCUT2D eigenvalue weighted by Crippen LogP contribution is -2.62. The third-order valence-electron chi connectivity index (χ3n) is 7.08. The minimum Gasteiger partial charge on any atom is -0.390 e. The molecule has 2 heterocycles. The summed E-state index contributed by atoms with van der Waals surface area (Å²) < 4.78 is 0. The zero-order valence-corrected chi connectivity index (χ0v) is 12.7. The van der Waals surface area contributed by atoms with Gasteiger partial charge < -0.3 is 14.9 Å². The molecule has 0 spiro atoms. The van der Waals surface area contributed by atoms with Crippen molar-refractivity contribution >= 4 is 6.03 Å². The molecule has 6 aliphatic rings. The third-order valence-corrected chi connectivity index (χ3v) is 7.08. The van der Waals surface area contributed by atoms with Gasteiger partial charge in [0.15, 0.2) is 0 Å². The fourth-order valence-electron chi connectivity index (χ4n) is 6.63. The molecule has 2 aliphatic heterocycles. The Labute approximate surface area is 126 Å². The number of fused-ring (bicyclic) bond motifs is 1. The number of carbonyl (C=O) groups is 1. The summed E-state index contributed by atoms with van der Waals surface area (Å²) in [7, 11) is 0. The Morgan fingerprint density at radius 1 is 1.05 bits per heavy atom. The van der Waals surface area contributed by atoms with E-state index in [4.69, 9.17) is 0 Å². The van der Waals surface area contributed by atoms with Gasteiger partial charge in [-0.1, -0.05) is 0 Å². The van der Waals surface area contributed by atoms with Gasteiger partial charge >= 0.3 is 6.03 Å². The van der Waals surface area contributed by atoms with Crippen LogP contribution in [-0.4, -0.2) is 51.7 Å². The van der Waals surface area contributed by atoms with Crippen LogP contribution in [0.1, 0.15) is 51.4 Å². The van der Waals surface area contributed by atoms with Crippen molar-refractivity contribution in [1.29, 1.82) is 0 Å². The number of hydrogen-bond acceptors (Lipinski definition) is 2. The van der Waals surface area contributed by atoms with Gasteiger partial charge in [-0.15, -0.1) is 0 Å². The first-order valence-electron chi connectivity index (χ1n) is 8.93. The van der Waals surface area contributed by atoms with Crippen LogP contribution in [0.15, 0.2) is 0 Å². The molecule has 4 aliphatic carbocycles. The van der Waals surface area contributed by atoms with E-state index < -0.39 is 0 Å². The maximum absolute atomic E-state index is 12.8. The zero-order valence-electron chi connectivity index (χ0n) is 12.7. The van der Waals surface area contributed by atoms with Gasteiger partial charge in [0.1, 0.15) is 0 Å². The summed E-state index contributed by atoms with van der Waals surface area (Å²) in [6, 6.07) is 1.22. The SMILES string of the molecule is O=C1N(C2C3CC4CC2CC(O)(C4)C3)C[C@@H]2CCCCN12. The summed E-state index contributed by atoms with van der Waals surface area (Å²) in [4.78, 5) is 17.2. The number of rotatable bonds is 1. The van der Waals surface area contributed by atoms with E-state index in [9.17, 15) is 9.90 Å². The molecular weight excluding hydrogens is 264 g/mol. The second-order valence-corrected chi connectivity index (χ2v) is 8.46. The summed E-state index contributed by atoms with van der Waals surface area (Å²) in [5.41, 5.74) is -0.386. The molecule has 6 rings (SSSR count). The molecule has 116 valence electrons. The van der Waals surface area contributed by atoms with Crippen LogP contribution in [0.4, 0.5) is 4.79 Å². The highest BCUT2D eigenvalue weighted by Crippen LogP contribution is 2.57. The van der Waals surface area contributed by atoms with E-state index in [1.807, 2.05) is 0 Å². The van der Waals surface area contributed by atoms with Crippen LogP contribution in [0.2, 0.25) is 0 Å². The molecule has 0 aromatic rings. The second-order valence-electron chi connectivity index (χ2n) is 8.46. The normalized spacial score (nSPS) is 51.7. The number of urea groups is 1. The summed E-state index contributed by atoms with van der Waals surface area (Å²) in [6.45, 7) is 1.92. The largest absolute Gasteiger partial charge is 0.390 e. The molecule has 1 N–H and O–H groups in total. The first-order valence-corrected chi connectivity index (χ1v) is 8.93. The third kappa shape index (κ3) is 1.74. The number of aliphatic hydroxyl groups is 1. The fraction of sp³-hybridized carbons (Fsp3) is 0.941. The molecule has 4 bridgehead atoms. The van der Waals surface area contributed by atoms with Gasteiger partial charge in [0.2, 0.25) is 0 Å². The highest BCUT2D eigenvalue weighted by atomic mass is 16.3. The number of nitrogens with zero attached hydrogens (tertiary/aromatic N) is 2. The highest BCUT2D eigenvalue weighted by molar-refractivity contribution is 5.78. The molecule has 3 atom stereocenters. The Morgan fingerprint density at radius 2 is 1.81 bits per heavy atom. The minimum absolute atomic E-state index is 0.309. The van der Waals surface area contributed by atoms with Crippen molar-refractivity contribution in [3.63, 3.8) is 0 Å². The monoisotopic (exact) mass is 290 g/mol. The molecule has 21 heavy (non-hydrogen) atoms. The van der Waals surface area contributed by atoms with Gasteiger partial charge in [-0.05, 0) is 69.1 Å². The van der Waals surface area contributed by atoms with Crippen molar-refractivity contribution in [3.05, 3.63) is 0 Å². The van der Waals surface area contributed by atoms with E-state index in [-0.39, 0.29) is 5.60 Å². The predicted octanol–water partition coefficient (Wildman–Crippen LogP) is 2.22. The lowest BCUT2D eigenvalue weighted by Gasteiger charge is -2.59. The highest BCUT2D eigenvalue weighted by Gasteiger charge is 2.58. The smallest absolute Gasteiger partial charge is 0.320 e. The molecule has 6 fully saturated rings. The first-order chi connectivity index (χ1) is 10.1. The van der Waals surface area contributed by atoms with Gasteiger partial charge in [0.25, 0.3) is 0 Å². The zero-order chi connectivity index (χ0) is 14.2. The Bertz CT molecular complexity index is 463. The van der Waals surface area contributed by atoms with E-state index in [0.717, 1.165) is 38.3 Å². The van der Waals surface area contributed by atoms with Crippen LogP contribution in [0.3, 0.4) is 0 Å². The van der Waals surface area contributed by atoms with Crippen molar-refractivity contribution < 1.29 is 9.90 Å². The van der Waals surface area contributed by atoms with Crippen LogP contribution in [0.5, 0.6) is 0 Å². The van der Waals surface area contributed by atoms with Crippen molar-refractivity contribution in [3.8, 4) is 0 Å². The summed E-state index contributed by atoms with van der Waals surface area (Å²) in [6.07, 6.45) is 9.05. The average molecular weight is 290 g/mol. The van der Waals surface area contributed by atoms with Crippen LogP contribution in [0.25, 0.3) is 0 Å². The van der Waals surface area contributed by atoms with Crippen molar-refractivity contribution in [1.82, 2.24) is 9.80 Å². The van der Waals surface area contributed by atoms with Crippen LogP contribution >= 0.6 is 0 Å². The molecule has 0 aromatic heterocycles. The molecular formula is C17H26N2O2. The number of carbonyl (C=O) groups excluding carboxylic acids is 1. The minimum atomic E-state index is -0.386. The Hall–Kier alpha value is -0.770. The second kappa shape index (κ2) is 4.15. The summed E-state index contributed by atoms with van der Waals surface area (Å²) in [5.74, 6) is 1.85. The van der Waals surface area contributed by atoms with Gasteiger partial charge in [0, 0.05) is 19.1 Å². The molecule has 0 radical (unpaired) electrons. The van der Waals surface area contributed by atoms with Crippen LogP contribution in [0, 0.1) is 17.8 Å². The van der Waals surface area contributed by atoms with Crippen molar-refractivity contribution in [2.75, 3.05) is 13.1 Å². The quantitative estimate of drug-likeness (QED) is 0.804. The maximum Gasteiger partial charge on any atom is 0.320 e. The van der Waals surface area contributed by atoms with Crippen molar-refractivity contribution in [2.24, 2.45) is 17.8 Å². The Balaban J connectivity index is 1.42. The molecule has 4 heteroatoms. The predicted molar refractivity (Wildman–Crippen MR) is 78.7 cm³/mol.